The molecule has 0 saturated carbocycles. The molecule has 1 aliphatic rings. The van der Waals surface area contributed by atoms with Crippen molar-refractivity contribution in [3.05, 3.63) is 109 Å². The predicted octanol–water partition coefficient (Wildman–Crippen LogP) is 17.8. The molecule has 0 aliphatic carbocycles. The summed E-state index contributed by atoms with van der Waals surface area (Å²) in [7, 11) is 0. The van der Waals surface area contributed by atoms with E-state index in [0.717, 1.165) is 116 Å². The first-order valence-electron chi connectivity index (χ1n) is 32.9. The van der Waals surface area contributed by atoms with E-state index in [1.54, 1.807) is 0 Å². The molecule has 0 aromatic heterocycles. The van der Waals surface area contributed by atoms with Gasteiger partial charge in [0.1, 0.15) is 18.8 Å². The molecule has 0 spiro atoms. The molecule has 1 aliphatic heterocycles. The molecule has 1 saturated heterocycles. The predicted molar refractivity (Wildman–Crippen MR) is 340 cm³/mol. The summed E-state index contributed by atoms with van der Waals surface area (Å²) in [4.78, 5) is 51.3. The molecule has 472 valence electrons. The number of carboxylic acids is 1. The lowest BCUT2D eigenvalue weighted by Gasteiger charge is -2.40. The maximum absolute atomic E-state index is 13.2. The molecule has 12 nitrogen and oxygen atoms in total. The van der Waals surface area contributed by atoms with Crippen LogP contribution < -0.4 is 0 Å². The maximum atomic E-state index is 13.2. The normalized spacial score (nSPS) is 18.3. The third kappa shape index (κ3) is 47.3. The van der Waals surface area contributed by atoms with E-state index >= 15 is 0 Å². The van der Waals surface area contributed by atoms with Crippen molar-refractivity contribution in [1.82, 2.24) is 0 Å². The van der Waals surface area contributed by atoms with Crippen LogP contribution in [0.2, 0.25) is 0 Å². The molecule has 1 rings (SSSR count). The zero-order valence-electron chi connectivity index (χ0n) is 52.2. The summed E-state index contributed by atoms with van der Waals surface area (Å²) < 4.78 is 28.4. The van der Waals surface area contributed by atoms with E-state index in [4.69, 9.17) is 23.7 Å². The Hall–Kier alpha value is -4.62. The lowest BCUT2D eigenvalue weighted by molar-refractivity contribution is -0.301. The number of carboxylic acid groups (broad SMARTS) is 1. The van der Waals surface area contributed by atoms with Crippen molar-refractivity contribution in [2.24, 2.45) is 0 Å². The Labute approximate surface area is 504 Å². The smallest absolute Gasteiger partial charge is 0.335 e. The summed E-state index contributed by atoms with van der Waals surface area (Å²) in [5.41, 5.74) is 0. The second kappa shape index (κ2) is 57.8. The standard InChI is InChI=1S/C71H116O12/c1-4-7-10-13-16-19-22-25-28-30-32-34-37-39-42-45-48-51-54-57-63(72)79-60-62(81-64(73)58-55-52-49-46-43-40-36-27-24-21-18-15-12-9-6-3)61-80-71-69(67(76)66(75)68(83-71)70(77)78)82-65(74)59-56-53-50-47-44-41-38-35-33-31-29-26-23-20-17-14-11-8-5-2/h7,10,16-17,19-20,25-29,32,34,36,39,42,48,51,62,66-69,71,75-76H,4-6,8-9,11-15,18,21-24,30-31,33,35,37-38,40-41,43-47,49-50,52-61H2,1-3H3,(H,77,78)/b10-7-,19-16-,20-17-,28-25-,29-26-,34-32-,36-27-,42-39-,51-48-. The minimum absolute atomic E-state index is 0.0433. The van der Waals surface area contributed by atoms with Gasteiger partial charge < -0.3 is 39.0 Å². The summed E-state index contributed by atoms with van der Waals surface area (Å²) in [5.74, 6) is -3.25. The van der Waals surface area contributed by atoms with Crippen LogP contribution in [0, 0.1) is 0 Å². The average Bonchev–Trinajstić information content (AvgIpc) is 3.57. The zero-order valence-corrected chi connectivity index (χ0v) is 52.2. The van der Waals surface area contributed by atoms with Crippen LogP contribution in [0.5, 0.6) is 0 Å². The van der Waals surface area contributed by atoms with Crippen molar-refractivity contribution < 1.29 is 58.2 Å². The van der Waals surface area contributed by atoms with Gasteiger partial charge in [-0.15, -0.1) is 0 Å². The maximum Gasteiger partial charge on any atom is 0.335 e. The van der Waals surface area contributed by atoms with Gasteiger partial charge in [0.15, 0.2) is 24.6 Å². The molecule has 0 amide bonds. The highest BCUT2D eigenvalue weighted by Gasteiger charge is 2.50. The first kappa shape index (κ1) is 76.4. The minimum atomic E-state index is -1.92. The zero-order chi connectivity index (χ0) is 60.3. The number of rotatable bonds is 55. The Morgan fingerprint density at radius 2 is 0.783 bits per heavy atom. The van der Waals surface area contributed by atoms with Crippen LogP contribution in [0.15, 0.2) is 109 Å². The number of unbranched alkanes of at least 4 members (excludes halogenated alkanes) is 23. The van der Waals surface area contributed by atoms with Crippen LogP contribution in [-0.4, -0.2) is 89.2 Å². The van der Waals surface area contributed by atoms with Crippen LogP contribution in [0.1, 0.15) is 265 Å². The Balaban J connectivity index is 2.70. The number of carbonyl (C=O) groups is 4. The summed E-state index contributed by atoms with van der Waals surface area (Å²) >= 11 is 0. The van der Waals surface area contributed by atoms with Crippen molar-refractivity contribution in [2.45, 2.75) is 302 Å². The quantitative estimate of drug-likeness (QED) is 0.0228. The van der Waals surface area contributed by atoms with Gasteiger partial charge in [-0.3, -0.25) is 14.4 Å². The third-order valence-electron chi connectivity index (χ3n) is 14.3. The van der Waals surface area contributed by atoms with Gasteiger partial charge in [-0.25, -0.2) is 4.79 Å². The van der Waals surface area contributed by atoms with Crippen LogP contribution in [-0.2, 0) is 42.9 Å². The Bertz CT molecular complexity index is 1860. The van der Waals surface area contributed by atoms with Crippen molar-refractivity contribution in [3.8, 4) is 0 Å². The van der Waals surface area contributed by atoms with Crippen molar-refractivity contribution >= 4 is 23.9 Å². The van der Waals surface area contributed by atoms with E-state index < -0.39 is 67.3 Å². The molecular formula is C71H116O12. The van der Waals surface area contributed by atoms with Gasteiger partial charge in [0.25, 0.3) is 0 Å². The van der Waals surface area contributed by atoms with E-state index in [1.807, 2.05) is 12.2 Å². The van der Waals surface area contributed by atoms with Crippen LogP contribution >= 0.6 is 0 Å². The highest BCUT2D eigenvalue weighted by molar-refractivity contribution is 5.74. The van der Waals surface area contributed by atoms with Gasteiger partial charge in [0.05, 0.1) is 6.61 Å². The number of allylic oxidation sites excluding steroid dienone is 18. The van der Waals surface area contributed by atoms with Crippen molar-refractivity contribution in [1.29, 1.82) is 0 Å². The number of aliphatic carboxylic acids is 1. The highest BCUT2D eigenvalue weighted by atomic mass is 16.7. The lowest BCUT2D eigenvalue weighted by atomic mass is 9.98. The molecule has 6 atom stereocenters. The monoisotopic (exact) mass is 1160 g/mol. The van der Waals surface area contributed by atoms with E-state index in [1.165, 1.54) is 89.9 Å². The fourth-order valence-corrected chi connectivity index (χ4v) is 9.30. The first-order valence-corrected chi connectivity index (χ1v) is 32.9. The van der Waals surface area contributed by atoms with E-state index in [-0.39, 0.29) is 25.9 Å². The summed E-state index contributed by atoms with van der Waals surface area (Å²) in [6.07, 6.45) is 66.2. The topological polar surface area (TPSA) is 175 Å². The average molecular weight is 1160 g/mol. The molecule has 0 bridgehead atoms. The number of ether oxygens (including phenoxy) is 5. The van der Waals surface area contributed by atoms with E-state index in [0.29, 0.717) is 19.3 Å². The Morgan fingerprint density at radius 1 is 0.410 bits per heavy atom. The molecule has 0 radical (unpaired) electrons. The number of carbonyl (C=O) groups excluding carboxylic acids is 3. The van der Waals surface area contributed by atoms with Gasteiger partial charge in [0, 0.05) is 19.3 Å². The Kier molecular flexibility index (Phi) is 53.2. The second-order valence-corrected chi connectivity index (χ2v) is 22.0. The summed E-state index contributed by atoms with van der Waals surface area (Å²) in [5, 5.41) is 31.6. The molecular weight excluding hydrogens is 1040 g/mol. The largest absolute Gasteiger partial charge is 0.479 e. The molecule has 6 unspecified atom stereocenters. The van der Waals surface area contributed by atoms with Crippen LogP contribution in [0.4, 0.5) is 0 Å². The van der Waals surface area contributed by atoms with Crippen molar-refractivity contribution in [2.75, 3.05) is 13.2 Å². The molecule has 3 N–H and O–H groups in total. The minimum Gasteiger partial charge on any atom is -0.479 e. The SMILES string of the molecule is CC/C=C\C/C=C\C/C=C\C/C=C\C/C=C\C/C=C\CCC(=O)OCC(COC1OC(C(=O)O)C(O)C(O)C1OC(=O)CCCCCCCCCCC/C=C\C/C=C\CCCCC)OC(=O)CCCCCCC/C=C\CCCCCCCC. The van der Waals surface area contributed by atoms with Gasteiger partial charge >= 0.3 is 23.9 Å². The molecule has 83 heavy (non-hydrogen) atoms. The van der Waals surface area contributed by atoms with Crippen LogP contribution in [0.3, 0.4) is 0 Å². The molecule has 0 aromatic carbocycles. The molecule has 12 heteroatoms. The van der Waals surface area contributed by atoms with Gasteiger partial charge in [0.2, 0.25) is 0 Å². The third-order valence-corrected chi connectivity index (χ3v) is 14.3. The van der Waals surface area contributed by atoms with Crippen LogP contribution in [0.25, 0.3) is 0 Å². The van der Waals surface area contributed by atoms with Gasteiger partial charge in [-0.1, -0.05) is 239 Å². The number of aliphatic hydroxyl groups is 2. The molecule has 1 fully saturated rings. The fraction of sp³-hybridized carbons (Fsp3) is 0.690. The number of aliphatic hydroxyl groups excluding tert-OH is 2. The first-order chi connectivity index (χ1) is 40.6. The highest BCUT2D eigenvalue weighted by Crippen LogP contribution is 2.26. The van der Waals surface area contributed by atoms with E-state index in [2.05, 4.69) is 118 Å². The Morgan fingerprint density at radius 3 is 1.24 bits per heavy atom. The van der Waals surface area contributed by atoms with Crippen molar-refractivity contribution in [3.63, 3.8) is 0 Å². The molecule has 1 heterocycles. The number of esters is 3. The number of hydrogen-bond acceptors (Lipinski definition) is 11. The summed E-state index contributed by atoms with van der Waals surface area (Å²) in [6.45, 7) is 5.80. The lowest BCUT2D eigenvalue weighted by Crippen LogP contribution is -2.61. The fourth-order valence-electron chi connectivity index (χ4n) is 9.30. The summed E-state index contributed by atoms with van der Waals surface area (Å²) in [6, 6.07) is 0. The van der Waals surface area contributed by atoms with Gasteiger partial charge in [-0.2, -0.15) is 0 Å². The second-order valence-electron chi connectivity index (χ2n) is 22.0. The van der Waals surface area contributed by atoms with Gasteiger partial charge in [-0.05, 0) is 116 Å². The van der Waals surface area contributed by atoms with E-state index in [9.17, 15) is 34.5 Å². The molecule has 0 aromatic rings. The number of hydrogen-bond donors (Lipinski definition) is 3.